The van der Waals surface area contributed by atoms with E-state index in [1.54, 1.807) is 48.2 Å². The van der Waals surface area contributed by atoms with Crippen molar-refractivity contribution in [3.8, 4) is 6.07 Å². The van der Waals surface area contributed by atoms with E-state index in [4.69, 9.17) is 10.00 Å². The minimum atomic E-state index is -3.69. The van der Waals surface area contributed by atoms with E-state index < -0.39 is 16.1 Å². The summed E-state index contributed by atoms with van der Waals surface area (Å²) in [5.41, 5.74) is 3.44. The Hall–Kier alpha value is -2.72. The van der Waals surface area contributed by atoms with Gasteiger partial charge in [-0.25, -0.2) is 13.4 Å². The molecule has 4 aromatic rings. The molecule has 0 amide bonds. The molecular weight excluding hydrogens is 571 g/mol. The first kappa shape index (κ1) is 23.4. The normalized spacial score (nSPS) is 12.3. The van der Waals surface area contributed by atoms with Crippen molar-refractivity contribution in [1.82, 2.24) is 9.55 Å². The minimum absolute atomic E-state index is 0.162. The van der Waals surface area contributed by atoms with Gasteiger partial charge in [0.1, 0.15) is 10.3 Å². The number of aromatic nitrogens is 2. The van der Waals surface area contributed by atoms with Gasteiger partial charge in [0.15, 0.2) is 0 Å². The highest BCUT2D eigenvalue weighted by Gasteiger charge is 2.21. The van der Waals surface area contributed by atoms with Gasteiger partial charge in [-0.2, -0.15) is 5.26 Å². The molecule has 2 heterocycles. The number of ether oxygens (including phenoxy) is 1. The topological polar surface area (TPSA) is 97.0 Å². The largest absolute Gasteiger partial charge is 0.362 e. The molecule has 0 bridgehead atoms. The maximum absolute atomic E-state index is 12.8. The highest BCUT2D eigenvalue weighted by Crippen LogP contribution is 2.30. The summed E-state index contributed by atoms with van der Waals surface area (Å²) >= 11 is 3.31. The third kappa shape index (κ3) is 5.44. The second-order valence-electron chi connectivity index (χ2n) is 7.19. The number of rotatable bonds is 8. The number of nitriles is 1. The number of nitrogens with zero attached hydrogens (tertiary/aromatic N) is 3. The molecule has 2 aromatic carbocycles. The minimum Gasteiger partial charge on any atom is -0.362 e. The van der Waals surface area contributed by atoms with Crippen molar-refractivity contribution >= 4 is 49.6 Å². The average molecular weight is 590 g/mol. The molecule has 0 saturated heterocycles. The van der Waals surface area contributed by atoms with E-state index in [2.05, 4.69) is 38.4 Å². The molecule has 7 nitrogen and oxygen atoms in total. The summed E-state index contributed by atoms with van der Waals surface area (Å²) in [5.74, 6) is 0. The smallest absolute Gasteiger partial charge is 0.271 e. The Labute approximate surface area is 209 Å². The van der Waals surface area contributed by atoms with Gasteiger partial charge in [0.25, 0.3) is 10.0 Å². The van der Waals surface area contributed by atoms with Crippen molar-refractivity contribution in [1.29, 1.82) is 5.26 Å². The van der Waals surface area contributed by atoms with Crippen LogP contribution in [0.3, 0.4) is 0 Å². The van der Waals surface area contributed by atoms with Crippen molar-refractivity contribution in [2.45, 2.75) is 16.9 Å². The van der Waals surface area contributed by atoms with E-state index in [9.17, 15) is 8.42 Å². The number of anilines is 1. The summed E-state index contributed by atoms with van der Waals surface area (Å²) in [4.78, 5) is 4.20. The second-order valence-corrected chi connectivity index (χ2v) is 11.3. The first-order valence-electron chi connectivity index (χ1n) is 9.80. The number of hydrogen-bond donors (Lipinski definition) is 1. The number of halogens is 1. The average Bonchev–Trinajstić information content (AvgIpc) is 3.48. The van der Waals surface area contributed by atoms with E-state index in [0.29, 0.717) is 16.8 Å². The molecule has 33 heavy (non-hydrogen) atoms. The number of benzene rings is 2. The standard InChI is InChI=1S/C23H19IN4O3S2/c1-28-15-26-13-21(28)23(17-6-4-16(12-25)5-7-17)31-14-18-8-9-19(24)11-20(18)27-33(29,30)22-3-2-10-32-22/h2-11,13,15,23,27H,14H2,1H3. The van der Waals surface area contributed by atoms with Crippen LogP contribution in [0.5, 0.6) is 0 Å². The molecule has 0 aliphatic rings. The summed E-state index contributed by atoms with van der Waals surface area (Å²) in [6.45, 7) is 0.162. The van der Waals surface area contributed by atoms with Crippen LogP contribution in [0.15, 0.2) is 76.7 Å². The first-order chi connectivity index (χ1) is 15.9. The highest BCUT2D eigenvalue weighted by molar-refractivity contribution is 14.1. The SMILES string of the molecule is Cn1cncc1C(OCc1ccc(I)cc1NS(=O)(=O)c1cccs1)c1ccc(C#N)cc1. The summed E-state index contributed by atoms with van der Waals surface area (Å²) < 4.78 is 37.6. The molecule has 0 aliphatic heterocycles. The lowest BCUT2D eigenvalue weighted by Crippen LogP contribution is -2.15. The van der Waals surface area contributed by atoms with Gasteiger partial charge < -0.3 is 9.30 Å². The van der Waals surface area contributed by atoms with Gasteiger partial charge in [-0.05, 0) is 63.9 Å². The van der Waals surface area contributed by atoms with E-state index in [1.165, 1.54) is 0 Å². The van der Waals surface area contributed by atoms with Crippen molar-refractivity contribution < 1.29 is 13.2 Å². The van der Waals surface area contributed by atoms with Crippen LogP contribution in [0.1, 0.15) is 28.5 Å². The number of imidazole rings is 1. The Morgan fingerprint density at radius 1 is 1.24 bits per heavy atom. The molecule has 168 valence electrons. The molecule has 1 unspecified atom stereocenters. The molecule has 10 heteroatoms. The van der Waals surface area contributed by atoms with Gasteiger partial charge >= 0.3 is 0 Å². The van der Waals surface area contributed by atoms with E-state index in [1.807, 2.05) is 35.9 Å². The molecule has 1 atom stereocenters. The molecular formula is C23H19IN4O3S2. The number of sulfonamides is 1. The molecule has 2 aromatic heterocycles. The van der Waals surface area contributed by atoms with Crippen LogP contribution in [-0.4, -0.2) is 18.0 Å². The maximum atomic E-state index is 12.8. The van der Waals surface area contributed by atoms with Crippen LogP contribution in [0.4, 0.5) is 5.69 Å². The van der Waals surface area contributed by atoms with Crippen molar-refractivity contribution in [3.63, 3.8) is 0 Å². The van der Waals surface area contributed by atoms with Gasteiger partial charge in [0.05, 0.1) is 42.1 Å². The zero-order chi connectivity index (χ0) is 23.4. The summed E-state index contributed by atoms with van der Waals surface area (Å²) in [5, 5.41) is 10.8. The van der Waals surface area contributed by atoms with Crippen LogP contribution in [0.25, 0.3) is 0 Å². The Morgan fingerprint density at radius 2 is 2.03 bits per heavy atom. The number of hydrogen-bond acceptors (Lipinski definition) is 6. The molecule has 0 saturated carbocycles. The Bertz CT molecular complexity index is 1390. The van der Waals surface area contributed by atoms with Gasteiger partial charge in [-0.3, -0.25) is 4.72 Å². The third-order valence-corrected chi connectivity index (χ3v) is 8.38. The van der Waals surface area contributed by atoms with Gasteiger partial charge in [-0.15, -0.1) is 11.3 Å². The predicted molar refractivity (Wildman–Crippen MR) is 135 cm³/mol. The van der Waals surface area contributed by atoms with Gasteiger partial charge in [0, 0.05) is 16.2 Å². The molecule has 0 radical (unpaired) electrons. The van der Waals surface area contributed by atoms with Crippen molar-refractivity contribution in [3.05, 3.63) is 98.5 Å². The van der Waals surface area contributed by atoms with Crippen LogP contribution < -0.4 is 4.72 Å². The van der Waals surface area contributed by atoms with E-state index in [-0.39, 0.29) is 10.8 Å². The molecule has 0 spiro atoms. The van der Waals surface area contributed by atoms with Crippen molar-refractivity contribution in [2.24, 2.45) is 7.05 Å². The summed E-state index contributed by atoms with van der Waals surface area (Å²) in [6.07, 6.45) is 2.98. The molecule has 1 N–H and O–H groups in total. The Morgan fingerprint density at radius 3 is 2.67 bits per heavy atom. The van der Waals surface area contributed by atoms with Gasteiger partial charge in [-0.1, -0.05) is 24.3 Å². The molecule has 4 rings (SSSR count). The lowest BCUT2D eigenvalue weighted by molar-refractivity contribution is 0.0625. The fraction of sp³-hybridized carbons (Fsp3) is 0.130. The molecule has 0 aliphatic carbocycles. The number of thiophene rings is 1. The van der Waals surface area contributed by atoms with Crippen LogP contribution >= 0.6 is 33.9 Å². The van der Waals surface area contributed by atoms with Crippen LogP contribution in [-0.2, 0) is 28.4 Å². The fourth-order valence-electron chi connectivity index (χ4n) is 3.26. The monoisotopic (exact) mass is 590 g/mol. The number of nitrogens with one attached hydrogen (secondary N) is 1. The predicted octanol–water partition coefficient (Wildman–Crippen LogP) is 5.06. The maximum Gasteiger partial charge on any atom is 0.271 e. The highest BCUT2D eigenvalue weighted by atomic mass is 127. The lowest BCUT2D eigenvalue weighted by atomic mass is 10.0. The third-order valence-electron chi connectivity index (χ3n) is 4.95. The van der Waals surface area contributed by atoms with Gasteiger partial charge in [0.2, 0.25) is 0 Å². The Kier molecular flexibility index (Phi) is 7.14. The quantitative estimate of drug-likeness (QED) is 0.290. The Balaban J connectivity index is 1.63. The van der Waals surface area contributed by atoms with E-state index >= 15 is 0 Å². The van der Waals surface area contributed by atoms with Crippen molar-refractivity contribution in [2.75, 3.05) is 4.72 Å². The fourth-order valence-corrected chi connectivity index (χ4v) is 5.83. The molecule has 0 fully saturated rings. The first-order valence-corrected chi connectivity index (χ1v) is 13.2. The lowest BCUT2D eigenvalue weighted by Gasteiger charge is -2.20. The number of aryl methyl sites for hydroxylation is 1. The van der Waals surface area contributed by atoms with E-state index in [0.717, 1.165) is 26.2 Å². The zero-order valence-electron chi connectivity index (χ0n) is 17.5. The van der Waals surface area contributed by atoms with Crippen LogP contribution in [0.2, 0.25) is 0 Å². The second kappa shape index (κ2) is 10.0. The summed E-state index contributed by atoms with van der Waals surface area (Å²) in [7, 11) is -1.81. The summed E-state index contributed by atoms with van der Waals surface area (Å²) in [6, 6.07) is 18.1. The zero-order valence-corrected chi connectivity index (χ0v) is 21.3. The van der Waals surface area contributed by atoms with Crippen LogP contribution in [0, 0.1) is 14.9 Å².